The molecule has 0 bridgehead atoms. The average molecular weight is 448 g/mol. The van der Waals surface area contributed by atoms with Crippen LogP contribution < -0.4 is 14.9 Å². The minimum atomic E-state index is -1.60. The molecule has 0 radical (unpaired) electrons. The number of rotatable bonds is 4. The van der Waals surface area contributed by atoms with E-state index in [1.807, 2.05) is 0 Å². The van der Waals surface area contributed by atoms with E-state index in [2.05, 4.69) is 0 Å². The van der Waals surface area contributed by atoms with Crippen molar-refractivity contribution in [3.05, 3.63) is 40.6 Å². The summed E-state index contributed by atoms with van der Waals surface area (Å²) in [6, 6.07) is 6.04. The molecular weight excluding hydrogens is 428 g/mol. The summed E-state index contributed by atoms with van der Waals surface area (Å²) in [5.74, 6) is -1.67. The van der Waals surface area contributed by atoms with Gasteiger partial charge in [0, 0.05) is 17.7 Å². The predicted octanol–water partition coefficient (Wildman–Crippen LogP) is 0.403. The van der Waals surface area contributed by atoms with Gasteiger partial charge in [-0.25, -0.2) is 0 Å². The fraction of sp³-hybridized carbons (Fsp3) is 0.286. The molecule has 2 aromatic carbocycles. The Morgan fingerprint density at radius 2 is 1.75 bits per heavy atom. The first-order valence-corrected chi connectivity index (χ1v) is 9.44. The maximum Gasteiger partial charge on any atom is 0.239 e. The minimum absolute atomic E-state index is 0.0829. The molecule has 0 aliphatic carbocycles. The fourth-order valence-electron chi connectivity index (χ4n) is 3.40. The molecule has 6 N–H and O–H groups in total. The molecular formula is C21H20O11. The highest BCUT2D eigenvalue weighted by Crippen LogP contribution is 2.39. The van der Waals surface area contributed by atoms with Crippen molar-refractivity contribution in [1.82, 2.24) is 0 Å². The van der Waals surface area contributed by atoms with Crippen molar-refractivity contribution in [3.8, 4) is 40.1 Å². The molecule has 1 aliphatic rings. The fourth-order valence-corrected chi connectivity index (χ4v) is 3.40. The first-order valence-electron chi connectivity index (χ1n) is 9.44. The smallest absolute Gasteiger partial charge is 0.239 e. The van der Waals surface area contributed by atoms with Crippen LogP contribution in [0.1, 0.15) is 0 Å². The Labute approximate surface area is 179 Å². The van der Waals surface area contributed by atoms with Crippen LogP contribution in [0.3, 0.4) is 0 Å². The van der Waals surface area contributed by atoms with E-state index in [9.17, 15) is 35.4 Å². The summed E-state index contributed by atoms with van der Waals surface area (Å²) in [5.41, 5.74) is -0.593. The number of hydrogen-bond acceptors (Lipinski definition) is 11. The SMILES string of the molecule is COc1c(-c2ccc(O)c(O[C@@H]3OC[C@@H](O)[C@H](O)C3O)c2)oc2cc(O)cc(O)c2c1=O. The number of aromatic hydroxyl groups is 3. The Kier molecular flexibility index (Phi) is 5.57. The molecule has 3 aromatic rings. The Morgan fingerprint density at radius 1 is 1.00 bits per heavy atom. The largest absolute Gasteiger partial charge is 0.508 e. The van der Waals surface area contributed by atoms with Gasteiger partial charge < -0.3 is 49.3 Å². The van der Waals surface area contributed by atoms with E-state index in [0.29, 0.717) is 0 Å². The van der Waals surface area contributed by atoms with Crippen LogP contribution in [-0.4, -0.2) is 69.0 Å². The predicted molar refractivity (Wildman–Crippen MR) is 108 cm³/mol. The summed E-state index contributed by atoms with van der Waals surface area (Å²) in [6.45, 7) is -0.302. The summed E-state index contributed by atoms with van der Waals surface area (Å²) in [6.07, 6.45) is -5.80. The molecule has 1 unspecified atom stereocenters. The lowest BCUT2D eigenvalue weighted by Gasteiger charge is -2.35. The Morgan fingerprint density at radius 3 is 2.47 bits per heavy atom. The molecule has 0 saturated carbocycles. The third-order valence-electron chi connectivity index (χ3n) is 5.04. The molecule has 170 valence electrons. The number of ether oxygens (including phenoxy) is 3. The number of benzene rings is 2. The van der Waals surface area contributed by atoms with Crippen molar-refractivity contribution in [1.29, 1.82) is 0 Å². The molecule has 1 aliphatic heterocycles. The first-order chi connectivity index (χ1) is 15.2. The minimum Gasteiger partial charge on any atom is -0.508 e. The van der Waals surface area contributed by atoms with Gasteiger partial charge in [0.15, 0.2) is 17.3 Å². The summed E-state index contributed by atoms with van der Waals surface area (Å²) >= 11 is 0. The van der Waals surface area contributed by atoms with Gasteiger partial charge in [0.1, 0.15) is 40.8 Å². The van der Waals surface area contributed by atoms with Gasteiger partial charge in [-0.05, 0) is 18.2 Å². The van der Waals surface area contributed by atoms with Gasteiger partial charge in [0.25, 0.3) is 0 Å². The number of phenols is 3. The molecule has 0 spiro atoms. The number of phenolic OH excluding ortho intramolecular Hbond substituents is 3. The summed E-state index contributed by atoms with van der Waals surface area (Å²) in [4.78, 5) is 12.9. The van der Waals surface area contributed by atoms with Crippen LogP contribution in [0.25, 0.3) is 22.3 Å². The number of hydrogen-bond donors (Lipinski definition) is 6. The molecule has 11 nitrogen and oxygen atoms in total. The zero-order valence-electron chi connectivity index (χ0n) is 16.6. The number of aliphatic hydroxyl groups excluding tert-OH is 3. The van der Waals surface area contributed by atoms with Crippen LogP contribution in [0, 0.1) is 0 Å². The molecule has 1 saturated heterocycles. The van der Waals surface area contributed by atoms with Gasteiger partial charge in [-0.1, -0.05) is 0 Å². The molecule has 11 heteroatoms. The molecule has 1 aromatic heterocycles. The van der Waals surface area contributed by atoms with Gasteiger partial charge in [-0.3, -0.25) is 4.79 Å². The Hall–Kier alpha value is -3.51. The van der Waals surface area contributed by atoms with E-state index in [-0.39, 0.29) is 51.9 Å². The second-order valence-corrected chi connectivity index (χ2v) is 7.18. The summed E-state index contributed by atoms with van der Waals surface area (Å²) in [7, 11) is 1.23. The molecule has 4 atom stereocenters. The topological polar surface area (TPSA) is 179 Å². The lowest BCUT2D eigenvalue weighted by molar-refractivity contribution is -0.242. The Bertz CT molecular complexity index is 1220. The standard InChI is InChI=1S/C21H20O11/c1-29-20-17(27)15-11(24)5-9(22)6-14(15)31-19(20)8-2-3-10(23)13(4-8)32-21-18(28)16(26)12(25)7-30-21/h2-6,12,16,18,21-26,28H,7H2,1H3/t12-,16+,18?,21+/m1/s1. The molecule has 0 amide bonds. The van der Waals surface area contributed by atoms with Crippen molar-refractivity contribution in [2.24, 2.45) is 0 Å². The van der Waals surface area contributed by atoms with E-state index in [1.54, 1.807) is 0 Å². The van der Waals surface area contributed by atoms with E-state index >= 15 is 0 Å². The van der Waals surface area contributed by atoms with Gasteiger partial charge in [0.2, 0.25) is 17.5 Å². The molecule has 2 heterocycles. The van der Waals surface area contributed by atoms with Gasteiger partial charge in [0.05, 0.1) is 13.7 Å². The quantitative estimate of drug-likeness (QED) is 0.325. The van der Waals surface area contributed by atoms with Crippen molar-refractivity contribution in [2.45, 2.75) is 24.6 Å². The van der Waals surface area contributed by atoms with Crippen molar-refractivity contribution < 1.29 is 49.3 Å². The van der Waals surface area contributed by atoms with E-state index in [4.69, 9.17) is 18.6 Å². The normalized spacial score (nSPS) is 23.2. The highest BCUT2D eigenvalue weighted by atomic mass is 16.7. The van der Waals surface area contributed by atoms with Crippen LogP contribution in [0.5, 0.6) is 28.7 Å². The number of aliphatic hydroxyl groups is 3. The monoisotopic (exact) mass is 448 g/mol. The van der Waals surface area contributed by atoms with Crippen LogP contribution in [0.4, 0.5) is 0 Å². The zero-order valence-corrected chi connectivity index (χ0v) is 16.6. The van der Waals surface area contributed by atoms with E-state index in [0.717, 1.165) is 12.1 Å². The molecule has 32 heavy (non-hydrogen) atoms. The maximum absolute atomic E-state index is 12.9. The molecule has 4 rings (SSSR count). The lowest BCUT2D eigenvalue weighted by Crippen LogP contribution is -2.54. The van der Waals surface area contributed by atoms with Crippen LogP contribution in [-0.2, 0) is 4.74 Å². The first kappa shape index (κ1) is 21.7. The van der Waals surface area contributed by atoms with Crippen LogP contribution in [0.15, 0.2) is 39.5 Å². The average Bonchev–Trinajstić information content (AvgIpc) is 2.74. The summed E-state index contributed by atoms with van der Waals surface area (Å²) < 4.78 is 21.5. The second-order valence-electron chi connectivity index (χ2n) is 7.18. The van der Waals surface area contributed by atoms with Gasteiger partial charge in [-0.15, -0.1) is 0 Å². The van der Waals surface area contributed by atoms with Crippen molar-refractivity contribution >= 4 is 11.0 Å². The number of methoxy groups -OCH3 is 1. The van der Waals surface area contributed by atoms with Crippen LogP contribution in [0.2, 0.25) is 0 Å². The second kappa shape index (κ2) is 8.20. The third kappa shape index (κ3) is 3.67. The van der Waals surface area contributed by atoms with Gasteiger partial charge in [-0.2, -0.15) is 0 Å². The van der Waals surface area contributed by atoms with E-state index < -0.39 is 35.8 Å². The van der Waals surface area contributed by atoms with E-state index in [1.165, 1.54) is 25.3 Å². The third-order valence-corrected chi connectivity index (χ3v) is 5.04. The molecule has 1 fully saturated rings. The highest BCUT2D eigenvalue weighted by Gasteiger charge is 2.39. The van der Waals surface area contributed by atoms with Crippen molar-refractivity contribution in [2.75, 3.05) is 13.7 Å². The van der Waals surface area contributed by atoms with Crippen molar-refractivity contribution in [3.63, 3.8) is 0 Å². The van der Waals surface area contributed by atoms with Gasteiger partial charge >= 0.3 is 0 Å². The zero-order chi connectivity index (χ0) is 23.2. The summed E-state index contributed by atoms with van der Waals surface area (Å²) in [5, 5.41) is 59.2. The van der Waals surface area contributed by atoms with Crippen LogP contribution >= 0.6 is 0 Å². The Balaban J connectivity index is 1.79. The number of fused-ring (bicyclic) bond motifs is 1. The maximum atomic E-state index is 12.9. The lowest BCUT2D eigenvalue weighted by atomic mass is 10.1. The highest BCUT2D eigenvalue weighted by molar-refractivity contribution is 5.88.